The maximum absolute atomic E-state index is 12.1. The van der Waals surface area contributed by atoms with E-state index in [-0.39, 0.29) is 11.3 Å². The Morgan fingerprint density at radius 2 is 1.75 bits per heavy atom. The molecule has 2 N–H and O–H groups in total. The Morgan fingerprint density at radius 3 is 2.33 bits per heavy atom. The van der Waals surface area contributed by atoms with Gasteiger partial charge in [-0.25, -0.2) is 13.4 Å². The molecule has 0 amide bonds. The lowest BCUT2D eigenvalue weighted by Gasteiger charge is -2.21. The predicted molar refractivity (Wildman–Crippen MR) is 99.8 cm³/mol. The predicted octanol–water partition coefficient (Wildman–Crippen LogP) is 3.67. The monoisotopic (exact) mass is 347 g/mol. The first kappa shape index (κ1) is 18.3. The van der Waals surface area contributed by atoms with Gasteiger partial charge in [-0.1, -0.05) is 30.3 Å². The number of aromatic nitrogens is 1. The summed E-state index contributed by atoms with van der Waals surface area (Å²) >= 11 is 0. The smallest absolute Gasteiger partial charge is 0.233 e. The van der Waals surface area contributed by atoms with Crippen LogP contribution in [-0.4, -0.2) is 24.7 Å². The molecule has 0 saturated heterocycles. The summed E-state index contributed by atoms with van der Waals surface area (Å²) in [6.45, 7) is 6.16. The van der Waals surface area contributed by atoms with Crippen LogP contribution < -0.4 is 10.0 Å². The third-order valence-electron chi connectivity index (χ3n) is 3.26. The molecule has 0 aliphatic carbocycles. The van der Waals surface area contributed by atoms with Crippen LogP contribution >= 0.6 is 0 Å². The van der Waals surface area contributed by atoms with Gasteiger partial charge >= 0.3 is 0 Å². The maximum Gasteiger partial charge on any atom is 0.233 e. The molecule has 0 spiro atoms. The average Bonchev–Trinajstić information content (AvgIpc) is 2.48. The minimum absolute atomic E-state index is 0.0693. The molecule has 130 valence electrons. The first-order valence-corrected chi connectivity index (χ1v) is 9.67. The lowest BCUT2D eigenvalue weighted by molar-refractivity contribution is 0.598. The van der Waals surface area contributed by atoms with E-state index in [1.807, 2.05) is 36.4 Å². The van der Waals surface area contributed by atoms with Gasteiger partial charge in [-0.2, -0.15) is 0 Å². The van der Waals surface area contributed by atoms with Crippen molar-refractivity contribution >= 4 is 21.5 Å². The molecule has 0 unspecified atom stereocenters. The summed E-state index contributed by atoms with van der Waals surface area (Å²) in [5.74, 6) is 0.417. The van der Waals surface area contributed by atoms with E-state index in [0.717, 1.165) is 17.7 Å². The van der Waals surface area contributed by atoms with Crippen molar-refractivity contribution < 1.29 is 8.42 Å². The van der Waals surface area contributed by atoms with Gasteiger partial charge in [0.2, 0.25) is 10.0 Å². The molecule has 0 fully saturated rings. The summed E-state index contributed by atoms with van der Waals surface area (Å²) in [6, 6.07) is 13.4. The summed E-state index contributed by atoms with van der Waals surface area (Å²) in [7, 11) is -3.39. The number of pyridine rings is 1. The second-order valence-electron chi connectivity index (χ2n) is 6.82. The van der Waals surface area contributed by atoms with Crippen molar-refractivity contribution in [2.75, 3.05) is 15.8 Å². The third kappa shape index (κ3) is 6.58. The van der Waals surface area contributed by atoms with Crippen molar-refractivity contribution in [3.05, 3.63) is 54.2 Å². The molecule has 0 aliphatic heterocycles. The quantitative estimate of drug-likeness (QED) is 0.802. The largest absolute Gasteiger partial charge is 0.379 e. The van der Waals surface area contributed by atoms with E-state index < -0.39 is 10.0 Å². The van der Waals surface area contributed by atoms with Crippen molar-refractivity contribution in [2.45, 2.75) is 39.2 Å². The Hall–Kier alpha value is -2.08. The summed E-state index contributed by atoms with van der Waals surface area (Å²) in [6.07, 6.45) is 2.94. The molecule has 0 atom stereocenters. The van der Waals surface area contributed by atoms with Gasteiger partial charge in [0.15, 0.2) is 0 Å². The van der Waals surface area contributed by atoms with Gasteiger partial charge in [-0.05, 0) is 51.3 Å². The van der Waals surface area contributed by atoms with Crippen LogP contribution in [-0.2, 0) is 16.4 Å². The second-order valence-corrected chi connectivity index (χ2v) is 8.66. The number of rotatable bonds is 7. The molecule has 5 nitrogen and oxygen atoms in total. The van der Waals surface area contributed by atoms with Gasteiger partial charge in [-0.15, -0.1) is 0 Å². The van der Waals surface area contributed by atoms with Crippen LogP contribution in [0.5, 0.6) is 0 Å². The third-order valence-corrected chi connectivity index (χ3v) is 4.61. The van der Waals surface area contributed by atoms with Crippen LogP contribution in [0.3, 0.4) is 0 Å². The molecule has 1 aromatic heterocycles. The average molecular weight is 347 g/mol. The summed E-state index contributed by atoms with van der Waals surface area (Å²) in [5.41, 5.74) is 1.93. The van der Waals surface area contributed by atoms with E-state index >= 15 is 0 Å². The van der Waals surface area contributed by atoms with Crippen molar-refractivity contribution in [3.63, 3.8) is 0 Å². The Bertz CT molecular complexity index is 736. The van der Waals surface area contributed by atoms with Crippen LogP contribution in [0.4, 0.5) is 11.5 Å². The van der Waals surface area contributed by atoms with Crippen LogP contribution in [0.1, 0.15) is 32.8 Å². The highest BCUT2D eigenvalue weighted by Gasteiger charge is 2.12. The first-order valence-electron chi connectivity index (χ1n) is 8.02. The maximum atomic E-state index is 12.1. The van der Waals surface area contributed by atoms with Gasteiger partial charge in [-0.3, -0.25) is 4.72 Å². The standard InChI is InChI=1S/C18H25N3O2S/c1-18(2,3)20-16-11-12-17(19-14-16)21-24(22,23)13-7-10-15-8-5-4-6-9-15/h4-6,8-9,11-12,14,20H,7,10,13H2,1-3H3,(H,19,21). The molecule has 1 heterocycles. The topological polar surface area (TPSA) is 71.1 Å². The van der Waals surface area contributed by atoms with E-state index in [0.29, 0.717) is 12.2 Å². The SMILES string of the molecule is CC(C)(C)Nc1ccc(NS(=O)(=O)CCCc2ccccc2)nc1. The molecule has 0 aliphatic rings. The minimum Gasteiger partial charge on any atom is -0.379 e. The molecule has 2 aromatic rings. The van der Waals surface area contributed by atoms with E-state index in [4.69, 9.17) is 0 Å². The second kappa shape index (κ2) is 7.66. The fourth-order valence-corrected chi connectivity index (χ4v) is 3.35. The van der Waals surface area contributed by atoms with E-state index in [9.17, 15) is 8.42 Å². The first-order chi connectivity index (χ1) is 11.2. The number of anilines is 2. The Labute approximate surface area is 144 Å². The summed E-state index contributed by atoms with van der Waals surface area (Å²) < 4.78 is 26.8. The number of nitrogens with one attached hydrogen (secondary N) is 2. The normalized spacial score (nSPS) is 12.0. The van der Waals surface area contributed by atoms with E-state index in [1.165, 1.54) is 0 Å². The van der Waals surface area contributed by atoms with Crippen molar-refractivity contribution in [1.29, 1.82) is 0 Å². The van der Waals surface area contributed by atoms with Crippen LogP contribution in [0.15, 0.2) is 48.7 Å². The zero-order valence-electron chi connectivity index (χ0n) is 14.4. The zero-order valence-corrected chi connectivity index (χ0v) is 15.2. The van der Waals surface area contributed by atoms with Gasteiger partial charge < -0.3 is 5.32 Å². The fourth-order valence-electron chi connectivity index (χ4n) is 2.28. The highest BCUT2D eigenvalue weighted by molar-refractivity contribution is 7.92. The molecule has 1 aromatic carbocycles. The number of benzene rings is 1. The van der Waals surface area contributed by atoms with Gasteiger partial charge in [0.1, 0.15) is 5.82 Å². The van der Waals surface area contributed by atoms with Gasteiger partial charge in [0.25, 0.3) is 0 Å². The number of aryl methyl sites for hydroxylation is 1. The van der Waals surface area contributed by atoms with Crippen molar-refractivity contribution in [1.82, 2.24) is 4.98 Å². The van der Waals surface area contributed by atoms with Crippen molar-refractivity contribution in [3.8, 4) is 0 Å². The molecular weight excluding hydrogens is 322 g/mol. The Kier molecular flexibility index (Phi) is 5.83. The summed E-state index contributed by atoms with van der Waals surface area (Å²) in [5, 5.41) is 3.28. The molecule has 0 bridgehead atoms. The van der Waals surface area contributed by atoms with Gasteiger partial charge in [0, 0.05) is 5.54 Å². The van der Waals surface area contributed by atoms with Crippen molar-refractivity contribution in [2.24, 2.45) is 0 Å². The molecule has 6 heteroatoms. The molecule has 24 heavy (non-hydrogen) atoms. The van der Waals surface area contributed by atoms with Gasteiger partial charge in [0.05, 0.1) is 17.6 Å². The molecule has 0 radical (unpaired) electrons. The highest BCUT2D eigenvalue weighted by Crippen LogP contribution is 2.16. The Morgan fingerprint density at radius 1 is 1.04 bits per heavy atom. The fraction of sp³-hybridized carbons (Fsp3) is 0.389. The summed E-state index contributed by atoms with van der Waals surface area (Å²) in [4.78, 5) is 4.16. The lowest BCUT2D eigenvalue weighted by atomic mass is 10.1. The zero-order chi connectivity index (χ0) is 17.6. The number of nitrogens with zero attached hydrogens (tertiary/aromatic N) is 1. The van der Waals surface area contributed by atoms with E-state index in [1.54, 1.807) is 12.3 Å². The van der Waals surface area contributed by atoms with E-state index in [2.05, 4.69) is 35.8 Å². The number of hydrogen-bond donors (Lipinski definition) is 2. The Balaban J connectivity index is 1.87. The number of sulfonamides is 1. The lowest BCUT2D eigenvalue weighted by Crippen LogP contribution is -2.26. The minimum atomic E-state index is -3.39. The molecular formula is C18H25N3O2S. The molecule has 0 saturated carbocycles. The van der Waals surface area contributed by atoms with Crippen LogP contribution in [0.2, 0.25) is 0 Å². The van der Waals surface area contributed by atoms with Crippen LogP contribution in [0.25, 0.3) is 0 Å². The van der Waals surface area contributed by atoms with Crippen LogP contribution in [0, 0.1) is 0 Å². The number of hydrogen-bond acceptors (Lipinski definition) is 4. The molecule has 2 rings (SSSR count). The highest BCUT2D eigenvalue weighted by atomic mass is 32.2.